The lowest BCUT2D eigenvalue weighted by Gasteiger charge is -2.10. The minimum atomic E-state index is -0.00342. The summed E-state index contributed by atoms with van der Waals surface area (Å²) >= 11 is 0. The molecule has 1 amide bonds. The van der Waals surface area contributed by atoms with Crippen molar-refractivity contribution < 1.29 is 9.21 Å². The first-order valence-electron chi connectivity index (χ1n) is 17.3. The van der Waals surface area contributed by atoms with Crippen LogP contribution in [0.2, 0.25) is 0 Å². The van der Waals surface area contributed by atoms with Crippen LogP contribution in [-0.2, 0) is 24.1 Å². The number of carbonyl (C=O) groups excluding carboxylic acids is 1. The highest BCUT2D eigenvalue weighted by Crippen LogP contribution is 2.20. The summed E-state index contributed by atoms with van der Waals surface area (Å²) in [6.45, 7) is 21.2. The molecule has 0 aliphatic heterocycles. The molecule has 3 heteroatoms. The van der Waals surface area contributed by atoms with Gasteiger partial charge in [0, 0.05) is 17.8 Å². The fourth-order valence-electron chi connectivity index (χ4n) is 5.50. The van der Waals surface area contributed by atoms with Gasteiger partial charge in [-0.1, -0.05) is 115 Å². The normalized spacial score (nSPS) is 11.9. The van der Waals surface area contributed by atoms with Crippen LogP contribution in [0.5, 0.6) is 0 Å². The third-order valence-electron chi connectivity index (χ3n) is 8.04. The maximum atomic E-state index is 11.0. The van der Waals surface area contributed by atoms with E-state index in [4.69, 9.17) is 4.42 Å². The van der Waals surface area contributed by atoms with Crippen molar-refractivity contribution in [2.75, 3.05) is 5.32 Å². The second kappa shape index (κ2) is 20.7. The van der Waals surface area contributed by atoms with Crippen molar-refractivity contribution in [2.24, 2.45) is 17.8 Å². The lowest BCUT2D eigenvalue weighted by atomic mass is 9.96. The lowest BCUT2D eigenvalue weighted by molar-refractivity contribution is -0.114. The van der Waals surface area contributed by atoms with Gasteiger partial charge < -0.3 is 9.73 Å². The van der Waals surface area contributed by atoms with Crippen LogP contribution >= 0.6 is 0 Å². The molecule has 2 aromatic carbocycles. The Labute approximate surface area is 274 Å². The molecule has 1 heterocycles. The number of fused-ring (bicyclic) bond motifs is 1. The van der Waals surface area contributed by atoms with Crippen molar-refractivity contribution in [3.63, 3.8) is 0 Å². The molecule has 0 spiro atoms. The van der Waals surface area contributed by atoms with Crippen molar-refractivity contribution in [3.8, 4) is 0 Å². The van der Waals surface area contributed by atoms with Crippen molar-refractivity contribution in [1.82, 2.24) is 0 Å². The summed E-state index contributed by atoms with van der Waals surface area (Å²) in [6, 6.07) is 16.6. The van der Waals surface area contributed by atoms with Crippen molar-refractivity contribution in [3.05, 3.63) is 94.3 Å². The summed E-state index contributed by atoms with van der Waals surface area (Å²) in [5, 5.41) is 4.23. The Bertz CT molecular complexity index is 1420. The third-order valence-corrected chi connectivity index (χ3v) is 8.04. The van der Waals surface area contributed by atoms with Crippen LogP contribution < -0.4 is 16.0 Å². The standard InChI is InChI=1S/C15H22.C14H21NO.C13H18O/c1-12(2)8-7-10-14-9-5-6-11-15(14)13(3)4;1-11(2)7-6-9-13-8-4-5-10-14(13)15-12(3)16;1-10(2)7-8-11-9-14-13-6-4-3-5-12(11)13/h5-6,9,11-12H,3,7-8,10H2,1-2,4H3;4-5,8,10-11H,6-7,9H2,1-3H3,(H,15,16);5-6,9-10H,3-4,7-8H2,1-2H3. The molecule has 0 bridgehead atoms. The lowest BCUT2D eigenvalue weighted by Crippen LogP contribution is -2.25. The molecule has 246 valence electrons. The Hall–Kier alpha value is -3.33. The number of amides is 1. The number of para-hydroxylation sites is 1. The summed E-state index contributed by atoms with van der Waals surface area (Å²) in [7, 11) is 0. The Morgan fingerprint density at radius 3 is 1.89 bits per heavy atom. The van der Waals surface area contributed by atoms with E-state index in [0.29, 0.717) is 0 Å². The van der Waals surface area contributed by atoms with Gasteiger partial charge >= 0.3 is 0 Å². The molecule has 3 aromatic rings. The highest BCUT2D eigenvalue weighted by molar-refractivity contribution is 5.89. The molecule has 0 saturated heterocycles. The number of allylic oxidation sites excluding steroid dienone is 1. The Morgan fingerprint density at radius 2 is 1.29 bits per heavy atom. The molecular weight excluding hydrogens is 550 g/mol. The predicted octanol–water partition coefficient (Wildman–Crippen LogP) is 10.5. The van der Waals surface area contributed by atoms with Gasteiger partial charge in [-0.15, -0.1) is 0 Å². The molecule has 1 N–H and O–H groups in total. The maximum Gasteiger partial charge on any atom is 0.221 e. The maximum absolute atomic E-state index is 11.0. The van der Waals surface area contributed by atoms with Crippen LogP contribution in [0.1, 0.15) is 123 Å². The van der Waals surface area contributed by atoms with E-state index in [1.165, 1.54) is 78.0 Å². The quantitative estimate of drug-likeness (QED) is 0.209. The number of aryl methyl sites for hydroxylation is 3. The number of hydrogen-bond acceptors (Lipinski definition) is 2. The first-order chi connectivity index (χ1) is 21.5. The van der Waals surface area contributed by atoms with Gasteiger partial charge in [-0.25, -0.2) is 0 Å². The largest absolute Gasteiger partial charge is 0.464 e. The monoisotopic (exact) mass is 611 g/mol. The molecule has 0 saturated carbocycles. The summed E-state index contributed by atoms with van der Waals surface area (Å²) < 4.78 is 5.53. The van der Waals surface area contributed by atoms with E-state index in [-0.39, 0.29) is 5.91 Å². The molecule has 1 aliphatic carbocycles. The minimum absolute atomic E-state index is 0.00342. The van der Waals surface area contributed by atoms with Gasteiger partial charge in [0.05, 0.1) is 6.26 Å². The van der Waals surface area contributed by atoms with E-state index < -0.39 is 0 Å². The Balaban J connectivity index is 0.000000235. The average molecular weight is 612 g/mol. The van der Waals surface area contributed by atoms with Gasteiger partial charge in [0.1, 0.15) is 5.42 Å². The van der Waals surface area contributed by atoms with E-state index in [1.54, 1.807) is 6.92 Å². The fraction of sp³-hybridized carbons (Fsp3) is 0.500. The summed E-state index contributed by atoms with van der Waals surface area (Å²) in [6.07, 6.45) is 18.4. The van der Waals surface area contributed by atoms with Crippen molar-refractivity contribution >= 4 is 29.3 Å². The fourth-order valence-corrected chi connectivity index (χ4v) is 5.50. The zero-order chi connectivity index (χ0) is 33.2. The van der Waals surface area contributed by atoms with Gasteiger partial charge in [0.15, 0.2) is 0 Å². The van der Waals surface area contributed by atoms with Gasteiger partial charge in [0.2, 0.25) is 5.91 Å². The Morgan fingerprint density at radius 1 is 0.733 bits per heavy atom. The molecular formula is C42H61NO2. The Kier molecular flexibility index (Phi) is 17.4. The molecule has 0 unspecified atom stereocenters. The second-order valence-corrected chi connectivity index (χ2v) is 13.8. The van der Waals surface area contributed by atoms with Crippen molar-refractivity contribution in [2.45, 2.75) is 120 Å². The predicted molar refractivity (Wildman–Crippen MR) is 197 cm³/mol. The minimum Gasteiger partial charge on any atom is -0.464 e. The van der Waals surface area contributed by atoms with E-state index in [2.05, 4.69) is 103 Å². The van der Waals surface area contributed by atoms with Gasteiger partial charge in [-0.2, -0.15) is 0 Å². The van der Waals surface area contributed by atoms with E-state index in [9.17, 15) is 4.79 Å². The molecule has 1 aliphatic rings. The number of rotatable bonds is 13. The zero-order valence-corrected chi connectivity index (χ0v) is 29.7. The van der Waals surface area contributed by atoms with Crippen LogP contribution in [0.15, 0.2) is 65.8 Å². The molecule has 45 heavy (non-hydrogen) atoms. The van der Waals surface area contributed by atoms with Crippen molar-refractivity contribution in [1.29, 1.82) is 0 Å². The highest BCUT2D eigenvalue weighted by atomic mass is 16.3. The summed E-state index contributed by atoms with van der Waals surface area (Å²) in [5.41, 5.74) is 8.64. The van der Waals surface area contributed by atoms with Crippen LogP contribution in [-0.4, -0.2) is 5.91 Å². The first-order valence-corrected chi connectivity index (χ1v) is 17.3. The summed E-state index contributed by atoms with van der Waals surface area (Å²) in [4.78, 5) is 11.0. The van der Waals surface area contributed by atoms with Crippen LogP contribution in [0.4, 0.5) is 5.69 Å². The molecule has 1 aromatic heterocycles. The first kappa shape index (κ1) is 37.9. The number of nitrogens with one attached hydrogen (secondary N) is 1. The number of anilines is 1. The van der Waals surface area contributed by atoms with E-state index in [0.717, 1.165) is 48.1 Å². The third kappa shape index (κ3) is 15.0. The van der Waals surface area contributed by atoms with E-state index >= 15 is 0 Å². The molecule has 0 atom stereocenters. The van der Waals surface area contributed by atoms with Gasteiger partial charge in [-0.3, -0.25) is 4.79 Å². The highest BCUT2D eigenvalue weighted by Gasteiger charge is 2.06. The average Bonchev–Trinajstić information content (AvgIpc) is 3.40. The molecule has 3 nitrogen and oxygen atoms in total. The topological polar surface area (TPSA) is 42.2 Å². The molecule has 4 rings (SSSR count). The number of furan rings is 1. The molecule has 0 radical (unpaired) electrons. The van der Waals surface area contributed by atoms with E-state index in [1.807, 2.05) is 24.5 Å². The smallest absolute Gasteiger partial charge is 0.221 e. The summed E-state index contributed by atoms with van der Waals surface area (Å²) in [5.74, 6) is 2.32. The number of carbonyl (C=O) groups is 1. The second-order valence-electron chi connectivity index (χ2n) is 13.8. The zero-order valence-electron chi connectivity index (χ0n) is 29.7. The van der Waals surface area contributed by atoms with Crippen LogP contribution in [0.25, 0.3) is 17.7 Å². The SMILES string of the molecule is C=C(C)c1ccccc1CCCC(C)C.CC(=O)Nc1ccccc1CCCC(C)C.CC(C)CCc1coc2c1=CCCC=2. The van der Waals surface area contributed by atoms with Crippen LogP contribution in [0, 0.1) is 17.8 Å². The van der Waals surface area contributed by atoms with Gasteiger partial charge in [0.25, 0.3) is 0 Å². The number of hydrogen-bond donors (Lipinski definition) is 1. The van der Waals surface area contributed by atoms with Gasteiger partial charge in [-0.05, 0) is 110 Å². The van der Waals surface area contributed by atoms with Crippen LogP contribution in [0.3, 0.4) is 0 Å². The molecule has 0 fully saturated rings. The number of benzene rings is 2.